The molecule has 20 heavy (non-hydrogen) atoms. The number of nitrogens with zero attached hydrogens (tertiary/aromatic N) is 5. The number of nitrogens with two attached hydrogens (primary N) is 1. The van der Waals surface area contributed by atoms with Crippen molar-refractivity contribution in [2.24, 2.45) is 0 Å². The third-order valence-electron chi connectivity index (χ3n) is 2.47. The Balaban J connectivity index is 1.86. The van der Waals surface area contributed by atoms with Crippen molar-refractivity contribution < 1.29 is 0 Å². The summed E-state index contributed by atoms with van der Waals surface area (Å²) in [6.07, 6.45) is 1.51. The van der Waals surface area contributed by atoms with E-state index in [1.54, 1.807) is 23.5 Å². The lowest BCUT2D eigenvalue weighted by atomic mass is 10.3. The quantitative estimate of drug-likeness (QED) is 0.745. The summed E-state index contributed by atoms with van der Waals surface area (Å²) >= 11 is 2.85. The van der Waals surface area contributed by atoms with Gasteiger partial charge in [-0.15, -0.1) is 21.5 Å². The summed E-state index contributed by atoms with van der Waals surface area (Å²) in [5.74, 6) is 6.62. The number of rotatable bonds is 3. The molecule has 0 atom stereocenters. The van der Waals surface area contributed by atoms with Crippen molar-refractivity contribution in [1.29, 1.82) is 5.26 Å². The third kappa shape index (κ3) is 2.36. The van der Waals surface area contributed by atoms with Gasteiger partial charge in [0.15, 0.2) is 5.82 Å². The van der Waals surface area contributed by atoms with Crippen LogP contribution < -0.4 is 5.84 Å². The Morgan fingerprint density at radius 3 is 2.85 bits per heavy atom. The molecule has 3 rings (SSSR count). The highest BCUT2D eigenvalue weighted by Gasteiger charge is 2.13. The van der Waals surface area contributed by atoms with E-state index in [0.29, 0.717) is 21.6 Å². The van der Waals surface area contributed by atoms with Crippen LogP contribution in [-0.4, -0.2) is 19.9 Å². The van der Waals surface area contributed by atoms with E-state index in [0.717, 1.165) is 4.88 Å². The van der Waals surface area contributed by atoms with Crippen LogP contribution in [0.25, 0.3) is 10.7 Å². The standard InChI is InChI=1S/C12H8N6S2/c13-6-8-3-4-10(15-7-8)20-12-17-16-11(18(12)14)9-2-1-5-19-9/h1-5,7H,14H2. The minimum absolute atomic E-state index is 0.517. The van der Waals surface area contributed by atoms with E-state index in [4.69, 9.17) is 11.1 Å². The van der Waals surface area contributed by atoms with Crippen LogP contribution >= 0.6 is 23.1 Å². The van der Waals surface area contributed by atoms with E-state index in [9.17, 15) is 0 Å². The Morgan fingerprint density at radius 1 is 1.30 bits per heavy atom. The Morgan fingerprint density at radius 2 is 2.20 bits per heavy atom. The highest BCUT2D eigenvalue weighted by molar-refractivity contribution is 7.99. The second kappa shape index (κ2) is 5.32. The molecule has 3 heterocycles. The summed E-state index contributed by atoms with van der Waals surface area (Å²) in [4.78, 5) is 5.12. The average Bonchev–Trinajstić information content (AvgIpc) is 3.11. The monoisotopic (exact) mass is 300 g/mol. The Hall–Kier alpha value is -2.37. The maximum Gasteiger partial charge on any atom is 0.216 e. The molecule has 0 aliphatic carbocycles. The van der Waals surface area contributed by atoms with E-state index >= 15 is 0 Å². The molecule has 0 unspecified atom stereocenters. The lowest BCUT2D eigenvalue weighted by Crippen LogP contribution is -2.11. The topological polar surface area (TPSA) is 93.4 Å². The largest absolute Gasteiger partial charge is 0.335 e. The van der Waals surface area contributed by atoms with Crippen LogP contribution in [0.5, 0.6) is 0 Å². The smallest absolute Gasteiger partial charge is 0.216 e. The van der Waals surface area contributed by atoms with E-state index in [1.807, 2.05) is 23.6 Å². The van der Waals surface area contributed by atoms with Crippen molar-refractivity contribution in [3.63, 3.8) is 0 Å². The SMILES string of the molecule is N#Cc1ccc(Sc2nnc(-c3cccs3)n2N)nc1. The predicted molar refractivity (Wildman–Crippen MR) is 76.6 cm³/mol. The molecule has 98 valence electrons. The molecule has 0 saturated heterocycles. The molecule has 8 heteroatoms. The summed E-state index contributed by atoms with van der Waals surface area (Å²) < 4.78 is 1.44. The van der Waals surface area contributed by atoms with Gasteiger partial charge in [0.05, 0.1) is 10.4 Å². The molecule has 0 amide bonds. The van der Waals surface area contributed by atoms with Gasteiger partial charge in [-0.3, -0.25) is 0 Å². The van der Waals surface area contributed by atoms with E-state index in [-0.39, 0.29) is 0 Å². The molecule has 3 aromatic heterocycles. The molecule has 0 aliphatic rings. The summed E-state index contributed by atoms with van der Waals surface area (Å²) in [5.41, 5.74) is 0.517. The molecule has 0 aliphatic heterocycles. The van der Waals surface area contributed by atoms with Crippen molar-refractivity contribution in [3.05, 3.63) is 41.4 Å². The number of hydrogen-bond acceptors (Lipinski definition) is 7. The van der Waals surface area contributed by atoms with Crippen LogP contribution in [0.15, 0.2) is 46.0 Å². The molecule has 0 saturated carbocycles. The Labute approximate surface area is 122 Å². The van der Waals surface area contributed by atoms with Crippen LogP contribution in [-0.2, 0) is 0 Å². The molecule has 3 aromatic rings. The molecule has 0 spiro atoms. The van der Waals surface area contributed by atoms with Crippen LogP contribution in [0.4, 0.5) is 0 Å². The first kappa shape index (κ1) is 12.7. The van der Waals surface area contributed by atoms with Gasteiger partial charge >= 0.3 is 0 Å². The summed E-state index contributed by atoms with van der Waals surface area (Å²) in [6.45, 7) is 0. The van der Waals surface area contributed by atoms with Gasteiger partial charge in [0.1, 0.15) is 11.1 Å². The predicted octanol–water partition coefficient (Wildman–Crippen LogP) is 2.14. The lowest BCUT2D eigenvalue weighted by Gasteiger charge is -2.01. The fraction of sp³-hybridized carbons (Fsp3) is 0. The zero-order valence-corrected chi connectivity index (χ0v) is 11.7. The first-order valence-electron chi connectivity index (χ1n) is 5.56. The molecule has 0 aromatic carbocycles. The minimum Gasteiger partial charge on any atom is -0.335 e. The van der Waals surface area contributed by atoms with Crippen molar-refractivity contribution in [2.75, 3.05) is 5.84 Å². The number of nitrogen functional groups attached to an aromatic ring is 1. The van der Waals surface area contributed by atoms with E-state index in [2.05, 4.69) is 15.2 Å². The molecule has 2 N–H and O–H groups in total. The first-order chi connectivity index (χ1) is 9.78. The van der Waals surface area contributed by atoms with Crippen LogP contribution in [0, 0.1) is 11.3 Å². The number of nitriles is 1. The number of hydrogen-bond donors (Lipinski definition) is 1. The highest BCUT2D eigenvalue weighted by atomic mass is 32.2. The Bertz CT molecular complexity index is 754. The van der Waals surface area contributed by atoms with Crippen LogP contribution in [0.2, 0.25) is 0 Å². The van der Waals surface area contributed by atoms with Gasteiger partial charge < -0.3 is 5.84 Å². The first-order valence-corrected chi connectivity index (χ1v) is 7.26. The van der Waals surface area contributed by atoms with Gasteiger partial charge in [0.2, 0.25) is 5.16 Å². The summed E-state index contributed by atoms with van der Waals surface area (Å²) in [7, 11) is 0. The van der Waals surface area contributed by atoms with E-state index in [1.165, 1.54) is 22.6 Å². The van der Waals surface area contributed by atoms with Crippen molar-refractivity contribution in [3.8, 4) is 16.8 Å². The molecule has 6 nitrogen and oxygen atoms in total. The third-order valence-corrected chi connectivity index (χ3v) is 4.24. The number of pyridine rings is 1. The number of thiophene rings is 1. The van der Waals surface area contributed by atoms with Gasteiger partial charge in [0, 0.05) is 6.20 Å². The molecule has 0 radical (unpaired) electrons. The minimum atomic E-state index is 0.517. The molecular weight excluding hydrogens is 292 g/mol. The van der Waals surface area contributed by atoms with E-state index < -0.39 is 0 Å². The highest BCUT2D eigenvalue weighted by Crippen LogP contribution is 2.28. The average molecular weight is 300 g/mol. The Kier molecular flexibility index (Phi) is 3.37. The van der Waals surface area contributed by atoms with Crippen LogP contribution in [0.3, 0.4) is 0 Å². The maximum absolute atomic E-state index is 8.73. The fourth-order valence-corrected chi connectivity index (χ4v) is 2.92. The molecule has 0 fully saturated rings. The molecular formula is C12H8N6S2. The molecule has 0 bridgehead atoms. The van der Waals surface area contributed by atoms with Gasteiger partial charge in [-0.25, -0.2) is 9.66 Å². The van der Waals surface area contributed by atoms with Gasteiger partial charge in [0.25, 0.3) is 0 Å². The summed E-state index contributed by atoms with van der Waals surface area (Å²) in [6, 6.07) is 9.35. The zero-order valence-electron chi connectivity index (χ0n) is 10.1. The van der Waals surface area contributed by atoms with Crippen molar-refractivity contribution >= 4 is 23.1 Å². The van der Waals surface area contributed by atoms with Gasteiger partial charge in [-0.1, -0.05) is 6.07 Å². The maximum atomic E-state index is 8.73. The second-order valence-corrected chi connectivity index (χ2v) is 5.69. The van der Waals surface area contributed by atoms with Gasteiger partial charge in [-0.2, -0.15) is 5.26 Å². The second-order valence-electron chi connectivity index (χ2n) is 3.75. The van der Waals surface area contributed by atoms with Crippen molar-refractivity contribution in [2.45, 2.75) is 10.2 Å². The lowest BCUT2D eigenvalue weighted by molar-refractivity contribution is 0.848. The normalized spacial score (nSPS) is 10.3. The zero-order chi connectivity index (χ0) is 13.9. The van der Waals surface area contributed by atoms with Crippen LogP contribution in [0.1, 0.15) is 5.56 Å². The summed E-state index contributed by atoms with van der Waals surface area (Å²) in [5, 5.41) is 20.1. The van der Waals surface area contributed by atoms with Gasteiger partial charge in [-0.05, 0) is 35.3 Å². The van der Waals surface area contributed by atoms with Crippen molar-refractivity contribution in [1.82, 2.24) is 19.9 Å². The fourth-order valence-electron chi connectivity index (χ4n) is 1.52. The number of aromatic nitrogens is 4.